The van der Waals surface area contributed by atoms with Crippen LogP contribution >= 0.6 is 0 Å². The molecule has 0 aromatic rings. The molecule has 144 valence electrons. The molecule has 2 unspecified atom stereocenters. The van der Waals surface area contributed by atoms with E-state index in [0.29, 0.717) is 0 Å². The molecule has 5 nitrogen and oxygen atoms in total. The van der Waals surface area contributed by atoms with E-state index in [0.717, 1.165) is 48.5 Å². The fraction of sp³-hybridized carbons (Fsp3) is 0.409. The Bertz CT molecular complexity index is 762. The first-order chi connectivity index (χ1) is 13.1. The van der Waals surface area contributed by atoms with Gasteiger partial charge in [-0.15, -0.1) is 0 Å². The number of nitrogens with two attached hydrogens (primary N) is 1. The average Bonchev–Trinajstić information content (AvgIpc) is 3.09. The third kappa shape index (κ3) is 4.94. The van der Waals surface area contributed by atoms with Gasteiger partial charge in [0.25, 0.3) is 0 Å². The molecular weight excluding hydrogens is 334 g/mol. The Morgan fingerprint density at radius 1 is 1.41 bits per heavy atom. The highest BCUT2D eigenvalue weighted by atomic mass is 14.9. The SMILES string of the molecule is C=CC(CC)=NC(=NC)C1C=CC2=C(CCC2NC(=C)C(C=NC)=CN)C1. The lowest BCUT2D eigenvalue weighted by molar-refractivity contribution is 0.645. The summed E-state index contributed by atoms with van der Waals surface area (Å²) in [6.07, 6.45) is 13.5. The van der Waals surface area contributed by atoms with E-state index in [1.165, 1.54) is 17.3 Å². The second-order valence-electron chi connectivity index (χ2n) is 6.69. The minimum absolute atomic E-state index is 0.226. The summed E-state index contributed by atoms with van der Waals surface area (Å²) < 4.78 is 0. The maximum atomic E-state index is 5.68. The Morgan fingerprint density at radius 3 is 2.78 bits per heavy atom. The van der Waals surface area contributed by atoms with Crippen molar-refractivity contribution in [2.24, 2.45) is 26.6 Å². The maximum Gasteiger partial charge on any atom is 0.130 e. The van der Waals surface area contributed by atoms with Gasteiger partial charge in [-0.05, 0) is 37.3 Å². The Kier molecular flexibility index (Phi) is 7.53. The molecular formula is C22H31N5. The minimum atomic E-state index is 0.226. The van der Waals surface area contributed by atoms with Crippen LogP contribution < -0.4 is 11.1 Å². The van der Waals surface area contributed by atoms with Crippen LogP contribution in [0, 0.1) is 5.92 Å². The summed E-state index contributed by atoms with van der Waals surface area (Å²) in [7, 11) is 3.54. The third-order valence-corrected chi connectivity index (χ3v) is 5.05. The molecule has 3 N–H and O–H groups in total. The summed E-state index contributed by atoms with van der Waals surface area (Å²) >= 11 is 0. The first kappa shape index (κ1) is 20.6. The molecule has 0 fully saturated rings. The zero-order chi connectivity index (χ0) is 19.8. The van der Waals surface area contributed by atoms with Crippen LogP contribution in [0.2, 0.25) is 0 Å². The van der Waals surface area contributed by atoms with Crippen LogP contribution in [0.25, 0.3) is 0 Å². The molecule has 0 aliphatic heterocycles. The van der Waals surface area contributed by atoms with Gasteiger partial charge in [-0.2, -0.15) is 0 Å². The van der Waals surface area contributed by atoms with E-state index in [4.69, 9.17) is 10.7 Å². The van der Waals surface area contributed by atoms with Crippen molar-refractivity contribution in [2.45, 2.75) is 38.6 Å². The van der Waals surface area contributed by atoms with Crippen LogP contribution in [-0.2, 0) is 0 Å². The van der Waals surface area contributed by atoms with Gasteiger partial charge in [-0.3, -0.25) is 9.98 Å². The van der Waals surface area contributed by atoms with Crippen molar-refractivity contribution >= 4 is 17.8 Å². The normalized spacial score (nSPS) is 23.7. The second kappa shape index (κ2) is 9.86. The van der Waals surface area contributed by atoms with Gasteiger partial charge in [-0.1, -0.05) is 37.8 Å². The van der Waals surface area contributed by atoms with Crippen LogP contribution in [0.5, 0.6) is 0 Å². The van der Waals surface area contributed by atoms with Crippen molar-refractivity contribution in [2.75, 3.05) is 14.1 Å². The summed E-state index contributed by atoms with van der Waals surface area (Å²) in [4.78, 5) is 13.2. The standard InChI is InChI=1S/C22H31N5/c1-6-19(7-2)27-22(25-5)17-8-10-20-16(12-17)9-11-21(20)26-15(3)18(13-23)14-24-4/h6,8,10,13-14,17,21,26H,1,3,7,9,11-12,23H2,2,4-5H3. The topological polar surface area (TPSA) is 75.1 Å². The molecule has 2 atom stereocenters. The molecule has 2 aliphatic rings. The molecule has 0 bridgehead atoms. The number of allylic oxidation sites excluding steroid dienone is 3. The van der Waals surface area contributed by atoms with Gasteiger partial charge in [0.05, 0.1) is 6.04 Å². The van der Waals surface area contributed by atoms with Crippen molar-refractivity contribution in [1.82, 2.24) is 5.32 Å². The van der Waals surface area contributed by atoms with Crippen LogP contribution in [0.1, 0.15) is 32.6 Å². The van der Waals surface area contributed by atoms with Gasteiger partial charge in [0.2, 0.25) is 0 Å². The van der Waals surface area contributed by atoms with E-state index in [9.17, 15) is 0 Å². The predicted molar refractivity (Wildman–Crippen MR) is 118 cm³/mol. The molecule has 0 amide bonds. The molecule has 2 aliphatic carbocycles. The van der Waals surface area contributed by atoms with Crippen molar-refractivity contribution in [3.63, 3.8) is 0 Å². The summed E-state index contributed by atoms with van der Waals surface area (Å²) in [5, 5.41) is 3.51. The highest BCUT2D eigenvalue weighted by molar-refractivity contribution is 6.04. The number of amidine groups is 1. The molecule has 0 aromatic carbocycles. The number of hydrogen-bond donors (Lipinski definition) is 2. The van der Waals surface area contributed by atoms with Gasteiger partial charge in [0.1, 0.15) is 5.84 Å². The fourth-order valence-electron chi connectivity index (χ4n) is 3.57. The smallest absolute Gasteiger partial charge is 0.130 e. The number of aliphatic imine (C=N–C) groups is 3. The zero-order valence-electron chi connectivity index (χ0n) is 16.7. The van der Waals surface area contributed by atoms with Gasteiger partial charge in [-0.25, -0.2) is 4.99 Å². The molecule has 0 heterocycles. The fourth-order valence-corrected chi connectivity index (χ4v) is 3.57. The minimum Gasteiger partial charge on any atom is -0.404 e. The van der Waals surface area contributed by atoms with Gasteiger partial charge >= 0.3 is 0 Å². The molecule has 0 radical (unpaired) electrons. The maximum absolute atomic E-state index is 5.68. The lowest BCUT2D eigenvalue weighted by atomic mass is 9.89. The first-order valence-electron chi connectivity index (χ1n) is 9.44. The summed E-state index contributed by atoms with van der Waals surface area (Å²) in [5.74, 6) is 1.10. The highest BCUT2D eigenvalue weighted by Gasteiger charge is 2.29. The highest BCUT2D eigenvalue weighted by Crippen LogP contribution is 2.37. The van der Waals surface area contributed by atoms with Crippen LogP contribution in [0.3, 0.4) is 0 Å². The number of nitrogens with zero attached hydrogens (tertiary/aromatic N) is 3. The molecule has 2 rings (SSSR count). The van der Waals surface area contributed by atoms with E-state index >= 15 is 0 Å². The molecule has 27 heavy (non-hydrogen) atoms. The van der Waals surface area contributed by atoms with E-state index in [-0.39, 0.29) is 12.0 Å². The van der Waals surface area contributed by atoms with Crippen molar-refractivity contribution in [3.05, 3.63) is 60.0 Å². The van der Waals surface area contributed by atoms with Crippen LogP contribution in [0.15, 0.2) is 75.0 Å². The van der Waals surface area contributed by atoms with Crippen molar-refractivity contribution in [3.8, 4) is 0 Å². The third-order valence-electron chi connectivity index (χ3n) is 5.05. The molecule has 5 heteroatoms. The van der Waals surface area contributed by atoms with Gasteiger partial charge < -0.3 is 11.1 Å². The van der Waals surface area contributed by atoms with E-state index in [1.807, 2.05) is 13.1 Å². The number of hydrogen-bond acceptors (Lipinski definition) is 4. The molecule has 0 saturated heterocycles. The lowest BCUT2D eigenvalue weighted by Crippen LogP contribution is -2.29. The van der Waals surface area contributed by atoms with Gasteiger partial charge in [0.15, 0.2) is 0 Å². The van der Waals surface area contributed by atoms with Crippen molar-refractivity contribution in [1.29, 1.82) is 0 Å². The number of rotatable bonds is 7. The first-order valence-corrected chi connectivity index (χ1v) is 9.44. The largest absolute Gasteiger partial charge is 0.404 e. The van der Waals surface area contributed by atoms with Gasteiger partial charge in [0, 0.05) is 49.4 Å². The lowest BCUT2D eigenvalue weighted by Gasteiger charge is -2.23. The Hall–Kier alpha value is -2.69. The molecule has 0 saturated carbocycles. The summed E-state index contributed by atoms with van der Waals surface area (Å²) in [6, 6.07) is 0.259. The quantitative estimate of drug-likeness (QED) is 0.410. The van der Waals surface area contributed by atoms with Crippen LogP contribution in [0.4, 0.5) is 0 Å². The van der Waals surface area contributed by atoms with Crippen LogP contribution in [-0.4, -0.2) is 37.9 Å². The van der Waals surface area contributed by atoms with Crippen molar-refractivity contribution < 1.29 is 0 Å². The zero-order valence-corrected chi connectivity index (χ0v) is 16.7. The number of nitrogens with one attached hydrogen (secondary N) is 1. The Balaban J connectivity index is 2.11. The van der Waals surface area contributed by atoms with E-state index < -0.39 is 0 Å². The predicted octanol–water partition coefficient (Wildman–Crippen LogP) is 3.73. The molecule has 0 spiro atoms. The average molecular weight is 366 g/mol. The summed E-state index contributed by atoms with van der Waals surface area (Å²) in [5.41, 5.74) is 11.1. The molecule has 0 aromatic heterocycles. The van der Waals surface area contributed by atoms with E-state index in [2.05, 4.69) is 47.5 Å². The second-order valence-corrected chi connectivity index (χ2v) is 6.69. The van der Waals surface area contributed by atoms with E-state index in [1.54, 1.807) is 13.3 Å². The monoisotopic (exact) mass is 365 g/mol. The Labute approximate surface area is 163 Å². The summed E-state index contributed by atoms with van der Waals surface area (Å²) in [6.45, 7) is 10.0. The Morgan fingerprint density at radius 2 is 2.19 bits per heavy atom.